The van der Waals surface area contributed by atoms with Crippen LogP contribution in [0.5, 0.6) is 0 Å². The Morgan fingerprint density at radius 2 is 1.91 bits per heavy atom. The molecule has 8 heteroatoms. The van der Waals surface area contributed by atoms with Crippen molar-refractivity contribution in [2.75, 3.05) is 27.0 Å². The molecule has 6 nitrogen and oxygen atoms in total. The largest absolute Gasteiger partial charge is 0.469 e. The minimum absolute atomic E-state index is 0.00901. The normalized spacial score (nSPS) is 12.9. The van der Waals surface area contributed by atoms with Crippen LogP contribution in [0.4, 0.5) is 4.39 Å². The molecular weight excluding hydrogens is 315 g/mol. The van der Waals surface area contributed by atoms with E-state index in [-0.39, 0.29) is 17.9 Å². The van der Waals surface area contributed by atoms with Crippen molar-refractivity contribution in [1.82, 2.24) is 0 Å². The van der Waals surface area contributed by atoms with Crippen LogP contribution in [0, 0.1) is 6.92 Å². The molecule has 0 aliphatic carbocycles. The molecule has 0 saturated carbocycles. The molecule has 1 aromatic rings. The molecule has 0 spiro atoms. The Kier molecular flexibility index (Phi) is 7.43. The maximum Gasteiger partial charge on any atom is 0.307 e. The number of ether oxygens (including phenoxy) is 2. The predicted octanol–water partition coefficient (Wildman–Crippen LogP) is 1.62. The zero-order chi connectivity index (χ0) is 16.6. The third-order valence-electron chi connectivity index (χ3n) is 2.78. The Morgan fingerprint density at radius 1 is 1.27 bits per heavy atom. The number of benzene rings is 1. The monoisotopic (exact) mass is 334 g/mol. The summed E-state index contributed by atoms with van der Waals surface area (Å²) in [6.45, 7) is 0.360. The lowest BCUT2D eigenvalue weighted by molar-refractivity contribution is -0.142. The van der Waals surface area contributed by atoms with Crippen molar-refractivity contribution < 1.29 is 31.3 Å². The van der Waals surface area contributed by atoms with E-state index in [0.717, 1.165) is 5.56 Å². The summed E-state index contributed by atoms with van der Waals surface area (Å²) < 4.78 is 50.9. The van der Waals surface area contributed by atoms with Crippen LogP contribution >= 0.6 is 0 Å². The number of hydrogen-bond donors (Lipinski definition) is 0. The molecule has 0 radical (unpaired) electrons. The highest BCUT2D eigenvalue weighted by molar-refractivity contribution is 7.86. The van der Waals surface area contributed by atoms with E-state index in [1.54, 1.807) is 12.1 Å². The van der Waals surface area contributed by atoms with Crippen molar-refractivity contribution in [1.29, 1.82) is 0 Å². The SMILES string of the molecule is COC(=O)CCOC(CF)COS(=O)(=O)c1ccc(C)cc1. The van der Waals surface area contributed by atoms with E-state index in [1.165, 1.54) is 19.2 Å². The first-order valence-electron chi connectivity index (χ1n) is 6.59. The quantitative estimate of drug-likeness (QED) is 0.504. The number of carbonyl (C=O) groups excluding carboxylic acids is 1. The van der Waals surface area contributed by atoms with Gasteiger partial charge in [-0.25, -0.2) is 4.39 Å². The summed E-state index contributed by atoms with van der Waals surface area (Å²) in [6.07, 6.45) is -1.11. The molecule has 0 heterocycles. The summed E-state index contributed by atoms with van der Waals surface area (Å²) in [6, 6.07) is 6.09. The molecule has 1 unspecified atom stereocenters. The number of aryl methyl sites for hydroxylation is 1. The van der Waals surface area contributed by atoms with Gasteiger partial charge in [-0.1, -0.05) is 17.7 Å². The summed E-state index contributed by atoms with van der Waals surface area (Å²) >= 11 is 0. The van der Waals surface area contributed by atoms with Crippen molar-refractivity contribution in [3.05, 3.63) is 29.8 Å². The van der Waals surface area contributed by atoms with E-state index in [1.807, 2.05) is 6.92 Å². The zero-order valence-corrected chi connectivity index (χ0v) is 13.3. The van der Waals surface area contributed by atoms with Crippen molar-refractivity contribution >= 4 is 16.1 Å². The number of rotatable bonds is 9. The smallest absolute Gasteiger partial charge is 0.307 e. The van der Waals surface area contributed by atoms with Gasteiger partial charge in [-0.2, -0.15) is 8.42 Å². The first-order chi connectivity index (χ1) is 10.4. The molecule has 0 aliphatic rings. The van der Waals surface area contributed by atoms with Crippen LogP contribution in [0.25, 0.3) is 0 Å². The molecule has 0 amide bonds. The predicted molar refractivity (Wildman–Crippen MR) is 76.7 cm³/mol. The van der Waals surface area contributed by atoms with Gasteiger partial charge >= 0.3 is 5.97 Å². The van der Waals surface area contributed by atoms with Crippen LogP contribution in [-0.4, -0.2) is 47.5 Å². The number of alkyl halides is 1. The van der Waals surface area contributed by atoms with Gasteiger partial charge in [0.1, 0.15) is 12.8 Å². The summed E-state index contributed by atoms with van der Waals surface area (Å²) in [7, 11) is -2.74. The van der Waals surface area contributed by atoms with Crippen LogP contribution in [0.1, 0.15) is 12.0 Å². The maximum absolute atomic E-state index is 12.8. The maximum atomic E-state index is 12.8. The first-order valence-corrected chi connectivity index (χ1v) is 8.00. The Hall–Kier alpha value is -1.51. The summed E-state index contributed by atoms with van der Waals surface area (Å²) in [5.74, 6) is -0.495. The Labute approximate surface area is 129 Å². The van der Waals surface area contributed by atoms with Crippen molar-refractivity contribution in [2.45, 2.75) is 24.3 Å². The number of hydrogen-bond acceptors (Lipinski definition) is 6. The summed E-state index contributed by atoms with van der Waals surface area (Å²) in [4.78, 5) is 10.9. The van der Waals surface area contributed by atoms with Crippen LogP contribution < -0.4 is 0 Å². The summed E-state index contributed by atoms with van der Waals surface area (Å²) in [5, 5.41) is 0. The number of methoxy groups -OCH3 is 1. The third kappa shape index (κ3) is 6.08. The Bertz CT molecular complexity index is 570. The Balaban J connectivity index is 2.51. The van der Waals surface area contributed by atoms with Crippen LogP contribution in [-0.2, 0) is 28.6 Å². The lowest BCUT2D eigenvalue weighted by Gasteiger charge is -2.14. The second-order valence-corrected chi connectivity index (χ2v) is 6.14. The molecule has 1 rings (SSSR count). The standard InChI is InChI=1S/C14H19FO6S/c1-11-3-5-13(6-4-11)22(17,18)21-10-12(9-15)20-8-7-14(16)19-2/h3-6,12H,7-10H2,1-2H3. The van der Waals surface area contributed by atoms with Gasteiger partial charge in [0, 0.05) is 0 Å². The number of esters is 1. The molecule has 0 bridgehead atoms. The lowest BCUT2D eigenvalue weighted by atomic mass is 10.2. The van der Waals surface area contributed by atoms with Crippen LogP contribution in [0.2, 0.25) is 0 Å². The molecule has 0 saturated heterocycles. The van der Waals surface area contributed by atoms with Gasteiger partial charge in [0.15, 0.2) is 0 Å². The van der Waals surface area contributed by atoms with E-state index < -0.39 is 35.5 Å². The lowest BCUT2D eigenvalue weighted by Crippen LogP contribution is -2.25. The topological polar surface area (TPSA) is 78.9 Å². The third-order valence-corrected chi connectivity index (χ3v) is 4.07. The molecule has 0 aromatic heterocycles. The average molecular weight is 334 g/mol. The molecule has 0 fully saturated rings. The molecule has 0 aliphatic heterocycles. The number of halogens is 1. The van der Waals surface area contributed by atoms with E-state index in [9.17, 15) is 17.6 Å². The zero-order valence-electron chi connectivity index (χ0n) is 12.5. The molecule has 0 N–H and O–H groups in total. The fourth-order valence-corrected chi connectivity index (χ4v) is 2.42. The van der Waals surface area contributed by atoms with Crippen molar-refractivity contribution in [3.63, 3.8) is 0 Å². The van der Waals surface area contributed by atoms with Gasteiger partial charge in [0.25, 0.3) is 10.1 Å². The van der Waals surface area contributed by atoms with Crippen LogP contribution in [0.15, 0.2) is 29.2 Å². The fraction of sp³-hybridized carbons (Fsp3) is 0.500. The van der Waals surface area contributed by atoms with Crippen molar-refractivity contribution in [3.8, 4) is 0 Å². The minimum atomic E-state index is -3.97. The van der Waals surface area contributed by atoms with Gasteiger partial charge < -0.3 is 9.47 Å². The molecule has 22 heavy (non-hydrogen) atoms. The first kappa shape index (κ1) is 18.5. The number of carbonyl (C=O) groups is 1. The van der Waals surface area contributed by atoms with Gasteiger partial charge in [-0.05, 0) is 19.1 Å². The highest BCUT2D eigenvalue weighted by Gasteiger charge is 2.19. The molecular formula is C14H19FO6S. The van der Waals surface area contributed by atoms with E-state index in [4.69, 9.17) is 8.92 Å². The second-order valence-electron chi connectivity index (χ2n) is 4.52. The highest BCUT2D eigenvalue weighted by atomic mass is 32.2. The minimum Gasteiger partial charge on any atom is -0.469 e. The highest BCUT2D eigenvalue weighted by Crippen LogP contribution is 2.14. The molecule has 1 aromatic carbocycles. The average Bonchev–Trinajstić information content (AvgIpc) is 2.50. The van der Waals surface area contributed by atoms with Gasteiger partial charge in [0.05, 0.1) is 31.6 Å². The molecule has 1 atom stereocenters. The Morgan fingerprint density at radius 3 is 2.45 bits per heavy atom. The van der Waals surface area contributed by atoms with Crippen LogP contribution in [0.3, 0.4) is 0 Å². The fourth-order valence-electron chi connectivity index (χ4n) is 1.49. The molecule has 124 valence electrons. The van der Waals surface area contributed by atoms with Gasteiger partial charge in [-0.3, -0.25) is 8.98 Å². The second kappa shape index (κ2) is 8.82. The van der Waals surface area contributed by atoms with E-state index >= 15 is 0 Å². The van der Waals surface area contributed by atoms with Crippen molar-refractivity contribution in [2.24, 2.45) is 0 Å². The van der Waals surface area contributed by atoms with Gasteiger partial charge in [-0.15, -0.1) is 0 Å². The van der Waals surface area contributed by atoms with E-state index in [0.29, 0.717) is 0 Å². The summed E-state index contributed by atoms with van der Waals surface area (Å²) in [5.41, 5.74) is 0.909. The van der Waals surface area contributed by atoms with Gasteiger partial charge in [0.2, 0.25) is 0 Å². The van der Waals surface area contributed by atoms with E-state index in [2.05, 4.69) is 4.74 Å².